The summed E-state index contributed by atoms with van der Waals surface area (Å²) in [5.74, 6) is -2.03. The molecular formula is C18H15FN2O3. The number of carbonyl (C=O) groups excluding carboxylic acids is 1. The third kappa shape index (κ3) is 4.92. The number of nitriles is 1. The van der Waals surface area contributed by atoms with Crippen molar-refractivity contribution in [3.63, 3.8) is 0 Å². The molecule has 2 rings (SSSR count). The van der Waals surface area contributed by atoms with E-state index < -0.39 is 23.7 Å². The topological polar surface area (TPSA) is 90.2 Å². The zero-order chi connectivity index (χ0) is 17.5. The fourth-order valence-corrected chi connectivity index (χ4v) is 2.24. The monoisotopic (exact) mass is 326 g/mol. The number of halogens is 1. The predicted molar refractivity (Wildman–Crippen MR) is 84.5 cm³/mol. The molecule has 6 heteroatoms. The van der Waals surface area contributed by atoms with Gasteiger partial charge in [0, 0.05) is 6.42 Å². The number of benzene rings is 2. The van der Waals surface area contributed by atoms with E-state index in [0.29, 0.717) is 16.7 Å². The Morgan fingerprint density at radius 3 is 2.50 bits per heavy atom. The van der Waals surface area contributed by atoms with Gasteiger partial charge in [0.05, 0.1) is 18.1 Å². The smallest absolute Gasteiger partial charge is 0.326 e. The number of aliphatic carboxylic acids is 1. The van der Waals surface area contributed by atoms with Crippen LogP contribution in [0.25, 0.3) is 0 Å². The van der Waals surface area contributed by atoms with E-state index in [-0.39, 0.29) is 12.8 Å². The van der Waals surface area contributed by atoms with Crippen LogP contribution in [0, 0.1) is 17.1 Å². The number of hydrogen-bond donors (Lipinski definition) is 2. The third-order valence-electron chi connectivity index (χ3n) is 3.41. The molecule has 0 aromatic heterocycles. The molecule has 0 aliphatic heterocycles. The molecule has 0 fully saturated rings. The van der Waals surface area contributed by atoms with Gasteiger partial charge in [0.2, 0.25) is 5.91 Å². The summed E-state index contributed by atoms with van der Waals surface area (Å²) in [6, 6.07) is 12.9. The lowest BCUT2D eigenvalue weighted by Crippen LogP contribution is -2.43. The van der Waals surface area contributed by atoms with E-state index in [1.165, 1.54) is 24.3 Å². The third-order valence-corrected chi connectivity index (χ3v) is 3.41. The zero-order valence-corrected chi connectivity index (χ0v) is 12.7. The molecule has 0 bridgehead atoms. The van der Waals surface area contributed by atoms with Crippen molar-refractivity contribution in [3.8, 4) is 6.07 Å². The summed E-state index contributed by atoms with van der Waals surface area (Å²) < 4.78 is 12.8. The van der Waals surface area contributed by atoms with Crippen LogP contribution in [0.2, 0.25) is 0 Å². The molecule has 24 heavy (non-hydrogen) atoms. The van der Waals surface area contributed by atoms with Crippen LogP contribution < -0.4 is 5.32 Å². The minimum atomic E-state index is -1.16. The molecule has 2 N–H and O–H groups in total. The number of amides is 1. The van der Waals surface area contributed by atoms with Gasteiger partial charge in [0.25, 0.3) is 0 Å². The van der Waals surface area contributed by atoms with Gasteiger partial charge >= 0.3 is 5.97 Å². The van der Waals surface area contributed by atoms with Crippen molar-refractivity contribution in [2.75, 3.05) is 0 Å². The van der Waals surface area contributed by atoms with E-state index in [9.17, 15) is 19.1 Å². The molecule has 0 spiro atoms. The second kappa shape index (κ2) is 7.88. The largest absolute Gasteiger partial charge is 0.480 e. The number of hydrogen-bond acceptors (Lipinski definition) is 3. The number of carboxylic acids is 1. The summed E-state index contributed by atoms with van der Waals surface area (Å²) in [6.07, 6.45) is 0.0301. The van der Waals surface area contributed by atoms with Gasteiger partial charge in [-0.15, -0.1) is 0 Å². The van der Waals surface area contributed by atoms with E-state index in [0.717, 1.165) is 0 Å². The Kier molecular flexibility index (Phi) is 5.63. The molecule has 5 nitrogen and oxygen atoms in total. The second-order valence-corrected chi connectivity index (χ2v) is 5.28. The summed E-state index contributed by atoms with van der Waals surface area (Å²) in [4.78, 5) is 23.4. The SMILES string of the molecule is N#Cc1cccc(C[C@H](NC(=O)Cc2ccc(F)cc2)C(=O)O)c1. The van der Waals surface area contributed by atoms with E-state index in [1.807, 2.05) is 6.07 Å². The zero-order valence-electron chi connectivity index (χ0n) is 12.7. The maximum Gasteiger partial charge on any atom is 0.326 e. The summed E-state index contributed by atoms with van der Waals surface area (Å²) in [5.41, 5.74) is 1.65. The van der Waals surface area contributed by atoms with Crippen molar-refractivity contribution in [2.24, 2.45) is 0 Å². The van der Waals surface area contributed by atoms with Crippen LogP contribution in [0.5, 0.6) is 0 Å². The first-order valence-corrected chi connectivity index (χ1v) is 7.23. The molecule has 0 radical (unpaired) electrons. The van der Waals surface area contributed by atoms with Gasteiger partial charge in [-0.1, -0.05) is 24.3 Å². The average Bonchev–Trinajstić information content (AvgIpc) is 2.56. The van der Waals surface area contributed by atoms with Crippen LogP contribution in [0.3, 0.4) is 0 Å². The van der Waals surface area contributed by atoms with Crippen molar-refractivity contribution in [1.29, 1.82) is 5.26 Å². The van der Waals surface area contributed by atoms with Crippen LogP contribution in [0.4, 0.5) is 4.39 Å². The van der Waals surface area contributed by atoms with Gasteiger partial charge in [-0.2, -0.15) is 5.26 Å². The quantitative estimate of drug-likeness (QED) is 0.850. The van der Waals surface area contributed by atoms with Crippen LogP contribution in [-0.2, 0) is 22.4 Å². The Morgan fingerprint density at radius 1 is 1.17 bits per heavy atom. The average molecular weight is 326 g/mol. The van der Waals surface area contributed by atoms with Gasteiger partial charge in [-0.25, -0.2) is 9.18 Å². The van der Waals surface area contributed by atoms with Crippen LogP contribution >= 0.6 is 0 Å². The maximum absolute atomic E-state index is 12.8. The van der Waals surface area contributed by atoms with E-state index in [4.69, 9.17) is 5.26 Å². The van der Waals surface area contributed by atoms with Crippen molar-refractivity contribution >= 4 is 11.9 Å². The lowest BCUT2D eigenvalue weighted by Gasteiger charge is -2.15. The van der Waals surface area contributed by atoms with E-state index in [1.54, 1.807) is 24.3 Å². The summed E-state index contributed by atoms with van der Waals surface area (Å²) >= 11 is 0. The van der Waals surface area contributed by atoms with Crippen molar-refractivity contribution < 1.29 is 19.1 Å². The van der Waals surface area contributed by atoms with E-state index >= 15 is 0 Å². The van der Waals surface area contributed by atoms with Crippen molar-refractivity contribution in [3.05, 3.63) is 71.0 Å². The fourth-order valence-electron chi connectivity index (χ4n) is 2.24. The first-order chi connectivity index (χ1) is 11.5. The molecule has 0 heterocycles. The summed E-state index contributed by atoms with van der Waals surface area (Å²) in [5, 5.41) is 20.6. The molecule has 2 aromatic carbocycles. The highest BCUT2D eigenvalue weighted by atomic mass is 19.1. The lowest BCUT2D eigenvalue weighted by molar-refractivity contribution is -0.141. The summed E-state index contributed by atoms with van der Waals surface area (Å²) in [6.45, 7) is 0. The molecule has 0 saturated heterocycles. The Hall–Kier alpha value is -3.20. The summed E-state index contributed by atoms with van der Waals surface area (Å²) in [7, 11) is 0. The number of carboxylic acid groups (broad SMARTS) is 1. The van der Waals surface area contributed by atoms with Crippen LogP contribution in [-0.4, -0.2) is 23.0 Å². The van der Waals surface area contributed by atoms with Gasteiger partial charge in [0.1, 0.15) is 11.9 Å². The molecule has 1 amide bonds. The number of carbonyl (C=O) groups is 2. The van der Waals surface area contributed by atoms with Crippen molar-refractivity contribution in [2.45, 2.75) is 18.9 Å². The Labute approximate surface area is 138 Å². The first kappa shape index (κ1) is 17.2. The number of nitrogens with zero attached hydrogens (tertiary/aromatic N) is 1. The predicted octanol–water partition coefficient (Wildman–Crippen LogP) is 2.05. The van der Waals surface area contributed by atoms with E-state index in [2.05, 4.69) is 5.32 Å². The van der Waals surface area contributed by atoms with Gasteiger partial charge in [-0.05, 0) is 35.4 Å². The number of nitrogens with one attached hydrogen (secondary N) is 1. The fraction of sp³-hybridized carbons (Fsp3) is 0.167. The molecule has 0 saturated carbocycles. The molecule has 1 atom stereocenters. The standard InChI is InChI=1S/C18H15FN2O3/c19-15-6-4-12(5-7-15)10-17(22)21-16(18(23)24)9-13-2-1-3-14(8-13)11-20/h1-8,16H,9-10H2,(H,21,22)(H,23,24)/t16-/m0/s1. The Bertz CT molecular complexity index is 782. The van der Waals surface area contributed by atoms with Gasteiger partial charge in [0.15, 0.2) is 0 Å². The molecule has 0 aliphatic rings. The van der Waals surface area contributed by atoms with Gasteiger partial charge in [-0.3, -0.25) is 4.79 Å². The molecule has 122 valence electrons. The molecule has 0 unspecified atom stereocenters. The second-order valence-electron chi connectivity index (χ2n) is 5.28. The molecule has 0 aliphatic carbocycles. The Morgan fingerprint density at radius 2 is 1.88 bits per heavy atom. The molecular weight excluding hydrogens is 311 g/mol. The minimum absolute atomic E-state index is 0.0394. The molecule has 2 aromatic rings. The van der Waals surface area contributed by atoms with Crippen LogP contribution in [0.1, 0.15) is 16.7 Å². The highest BCUT2D eigenvalue weighted by molar-refractivity contribution is 5.85. The van der Waals surface area contributed by atoms with Crippen molar-refractivity contribution in [1.82, 2.24) is 5.32 Å². The minimum Gasteiger partial charge on any atom is -0.480 e. The highest BCUT2D eigenvalue weighted by Gasteiger charge is 2.20. The highest BCUT2D eigenvalue weighted by Crippen LogP contribution is 2.08. The number of rotatable bonds is 6. The lowest BCUT2D eigenvalue weighted by atomic mass is 10.0. The van der Waals surface area contributed by atoms with Crippen LogP contribution in [0.15, 0.2) is 48.5 Å². The first-order valence-electron chi connectivity index (χ1n) is 7.23. The maximum atomic E-state index is 12.8. The Balaban J connectivity index is 2.02. The normalized spacial score (nSPS) is 11.3. The van der Waals surface area contributed by atoms with Gasteiger partial charge < -0.3 is 10.4 Å².